The second kappa shape index (κ2) is 7.20. The van der Waals surface area contributed by atoms with Crippen molar-refractivity contribution in [1.82, 2.24) is 5.32 Å². The van der Waals surface area contributed by atoms with Gasteiger partial charge < -0.3 is 10.6 Å². The summed E-state index contributed by atoms with van der Waals surface area (Å²) < 4.78 is 60.9. The van der Waals surface area contributed by atoms with Crippen molar-refractivity contribution >= 4 is 38.9 Å². The number of hydrogen-bond donors (Lipinski definition) is 2. The van der Waals surface area contributed by atoms with Gasteiger partial charge in [0.05, 0.1) is 22.1 Å². The fourth-order valence-corrected chi connectivity index (χ4v) is 4.26. The summed E-state index contributed by atoms with van der Waals surface area (Å²) in [5.41, 5.74) is -1.26. The first-order valence-electron chi connectivity index (χ1n) is 7.13. The van der Waals surface area contributed by atoms with Crippen LogP contribution in [-0.4, -0.2) is 37.8 Å². The van der Waals surface area contributed by atoms with Crippen LogP contribution in [0, 0.1) is 0 Å². The van der Waals surface area contributed by atoms with Crippen LogP contribution in [0.25, 0.3) is 0 Å². The van der Waals surface area contributed by atoms with E-state index >= 15 is 0 Å². The van der Waals surface area contributed by atoms with E-state index in [9.17, 15) is 31.2 Å². The molecule has 0 bridgehead atoms. The molecule has 0 spiro atoms. The maximum Gasteiger partial charge on any atom is 0.417 e. The van der Waals surface area contributed by atoms with Crippen molar-refractivity contribution in [2.24, 2.45) is 0 Å². The first-order valence-corrected chi connectivity index (χ1v) is 9.32. The number of amides is 2. The highest BCUT2D eigenvalue weighted by molar-refractivity contribution is 7.91. The third-order valence-electron chi connectivity index (χ3n) is 3.47. The number of carbonyl (C=O) groups is 2. The number of carbonyl (C=O) groups excluding carboxylic acids is 2. The number of anilines is 1. The van der Waals surface area contributed by atoms with Crippen LogP contribution in [-0.2, 0) is 25.6 Å². The van der Waals surface area contributed by atoms with Crippen LogP contribution in [0.2, 0.25) is 5.02 Å². The zero-order valence-corrected chi connectivity index (χ0v) is 14.3. The second-order valence-corrected chi connectivity index (χ2v) is 8.22. The van der Waals surface area contributed by atoms with E-state index in [-0.39, 0.29) is 23.6 Å². The van der Waals surface area contributed by atoms with Gasteiger partial charge in [0.15, 0.2) is 9.84 Å². The van der Waals surface area contributed by atoms with Crippen LogP contribution >= 0.6 is 11.6 Å². The van der Waals surface area contributed by atoms with E-state index in [1.54, 1.807) is 0 Å². The Hall–Kier alpha value is -1.81. The molecular weight excluding hydrogens is 385 g/mol. The van der Waals surface area contributed by atoms with Crippen molar-refractivity contribution in [2.75, 3.05) is 16.8 Å². The largest absolute Gasteiger partial charge is 0.417 e. The first kappa shape index (κ1) is 19.5. The molecule has 2 rings (SSSR count). The predicted octanol–water partition coefficient (Wildman–Crippen LogP) is 1.99. The Morgan fingerprint density at radius 3 is 2.48 bits per heavy atom. The predicted molar refractivity (Wildman–Crippen MR) is 84.9 cm³/mol. The normalized spacial score (nSPS) is 19.4. The molecule has 2 N–H and O–H groups in total. The van der Waals surface area contributed by atoms with Gasteiger partial charge in [-0.1, -0.05) is 11.6 Å². The van der Waals surface area contributed by atoms with Crippen molar-refractivity contribution in [2.45, 2.75) is 25.1 Å². The molecule has 1 aromatic carbocycles. The summed E-state index contributed by atoms with van der Waals surface area (Å²) in [5, 5.41) is 4.08. The minimum Gasteiger partial charge on any atom is -0.352 e. The number of rotatable bonds is 4. The fraction of sp³-hybridized carbons (Fsp3) is 0.429. The fourth-order valence-electron chi connectivity index (χ4n) is 2.36. The zero-order chi connectivity index (χ0) is 18.8. The summed E-state index contributed by atoms with van der Waals surface area (Å²) in [6, 6.07) is 2.28. The van der Waals surface area contributed by atoms with Gasteiger partial charge in [0, 0.05) is 11.7 Å². The van der Waals surface area contributed by atoms with Crippen molar-refractivity contribution < 1.29 is 31.2 Å². The minimum absolute atomic E-state index is 0.0326. The van der Waals surface area contributed by atoms with Crippen molar-refractivity contribution in [1.29, 1.82) is 0 Å². The van der Waals surface area contributed by atoms with E-state index < -0.39 is 50.9 Å². The van der Waals surface area contributed by atoms with Crippen LogP contribution in [0.1, 0.15) is 18.4 Å². The number of nitrogens with one attached hydrogen (secondary N) is 2. The molecule has 1 aliphatic heterocycles. The molecular formula is C14H14ClF3N2O4S. The highest BCUT2D eigenvalue weighted by Crippen LogP contribution is 2.36. The molecule has 1 aliphatic rings. The van der Waals surface area contributed by atoms with Crippen LogP contribution in [0.15, 0.2) is 18.2 Å². The molecule has 0 aliphatic carbocycles. The topological polar surface area (TPSA) is 92.3 Å². The summed E-state index contributed by atoms with van der Waals surface area (Å²) >= 11 is 5.47. The van der Waals surface area contributed by atoms with Crippen molar-refractivity contribution in [3.8, 4) is 0 Å². The minimum atomic E-state index is -4.68. The molecule has 1 atom stereocenters. The third-order valence-corrected chi connectivity index (χ3v) is 5.57. The molecule has 0 aromatic heterocycles. The molecule has 1 heterocycles. The molecule has 1 saturated heterocycles. The number of sulfone groups is 1. The van der Waals surface area contributed by atoms with E-state index in [4.69, 9.17) is 11.6 Å². The average Bonchev–Trinajstić information content (AvgIpc) is 2.78. The number of benzene rings is 1. The molecule has 25 heavy (non-hydrogen) atoms. The molecule has 11 heteroatoms. The quantitative estimate of drug-likeness (QED) is 0.759. The van der Waals surface area contributed by atoms with Gasteiger partial charge in [-0.05, 0) is 24.6 Å². The van der Waals surface area contributed by atoms with E-state index in [2.05, 4.69) is 10.6 Å². The maximum absolute atomic E-state index is 12.8. The summed E-state index contributed by atoms with van der Waals surface area (Å²) in [4.78, 5) is 23.5. The highest BCUT2D eigenvalue weighted by Gasteiger charge is 2.33. The molecule has 1 aromatic rings. The van der Waals surface area contributed by atoms with Crippen LogP contribution < -0.4 is 10.6 Å². The van der Waals surface area contributed by atoms with Crippen molar-refractivity contribution in [3.63, 3.8) is 0 Å². The molecule has 0 radical (unpaired) electrons. The lowest BCUT2D eigenvalue weighted by Crippen LogP contribution is -2.37. The van der Waals surface area contributed by atoms with Gasteiger partial charge in [0.1, 0.15) is 6.42 Å². The molecule has 1 unspecified atom stereocenters. The summed E-state index contributed by atoms with van der Waals surface area (Å²) in [7, 11) is -3.18. The Balaban J connectivity index is 1.93. The summed E-state index contributed by atoms with van der Waals surface area (Å²) in [5.74, 6) is -1.75. The monoisotopic (exact) mass is 398 g/mol. The summed E-state index contributed by atoms with van der Waals surface area (Å²) in [6.45, 7) is 0. The Morgan fingerprint density at radius 1 is 1.24 bits per heavy atom. The maximum atomic E-state index is 12.8. The highest BCUT2D eigenvalue weighted by atomic mass is 35.5. The zero-order valence-electron chi connectivity index (χ0n) is 12.7. The van der Waals surface area contributed by atoms with E-state index in [0.717, 1.165) is 6.07 Å². The van der Waals surface area contributed by atoms with Crippen LogP contribution in [0.5, 0.6) is 0 Å². The van der Waals surface area contributed by atoms with Crippen LogP contribution in [0.3, 0.4) is 0 Å². The van der Waals surface area contributed by atoms with Gasteiger partial charge in [0.2, 0.25) is 11.8 Å². The molecule has 1 fully saturated rings. The molecule has 6 nitrogen and oxygen atoms in total. The number of hydrogen-bond acceptors (Lipinski definition) is 4. The van der Waals surface area contributed by atoms with Gasteiger partial charge in [-0.3, -0.25) is 9.59 Å². The van der Waals surface area contributed by atoms with E-state index in [0.29, 0.717) is 6.07 Å². The standard InChI is InChI=1S/C14H14ClF3N2O4S/c15-11-2-1-8(5-10(11)14(16,17)18)19-12(21)6-13(22)20-9-3-4-25(23,24)7-9/h1-2,5,9H,3-4,6-7H2,(H,19,21)(H,20,22). The van der Waals surface area contributed by atoms with Crippen LogP contribution in [0.4, 0.5) is 18.9 Å². The van der Waals surface area contributed by atoms with E-state index in [1.807, 2.05) is 0 Å². The second-order valence-electron chi connectivity index (χ2n) is 5.58. The van der Waals surface area contributed by atoms with E-state index in [1.165, 1.54) is 6.07 Å². The smallest absolute Gasteiger partial charge is 0.352 e. The molecule has 138 valence electrons. The Labute approximate surface area is 146 Å². The van der Waals surface area contributed by atoms with Gasteiger partial charge in [-0.15, -0.1) is 0 Å². The Kier molecular flexibility index (Phi) is 5.62. The van der Waals surface area contributed by atoms with Gasteiger partial charge in [-0.2, -0.15) is 13.2 Å². The third kappa shape index (κ3) is 5.60. The Bertz CT molecular complexity index is 796. The summed E-state index contributed by atoms with van der Waals surface area (Å²) in [6.07, 6.45) is -5.05. The first-order chi connectivity index (χ1) is 11.5. The van der Waals surface area contributed by atoms with Crippen molar-refractivity contribution in [3.05, 3.63) is 28.8 Å². The average molecular weight is 399 g/mol. The van der Waals surface area contributed by atoms with Gasteiger partial charge in [-0.25, -0.2) is 8.42 Å². The lowest BCUT2D eigenvalue weighted by atomic mass is 10.2. The SMILES string of the molecule is O=C(CC(=O)NC1CCS(=O)(=O)C1)Nc1ccc(Cl)c(C(F)(F)F)c1. The molecule has 2 amide bonds. The number of alkyl halides is 3. The number of halogens is 4. The Morgan fingerprint density at radius 2 is 1.92 bits per heavy atom. The van der Waals surface area contributed by atoms with Gasteiger partial charge in [0.25, 0.3) is 0 Å². The molecule has 0 saturated carbocycles. The lowest BCUT2D eigenvalue weighted by Gasteiger charge is -2.13. The van der Waals surface area contributed by atoms with Gasteiger partial charge >= 0.3 is 6.18 Å². The lowest BCUT2D eigenvalue weighted by molar-refractivity contribution is -0.137.